The first kappa shape index (κ1) is 19.1. The van der Waals surface area contributed by atoms with Crippen LogP contribution in [0.1, 0.15) is 53.6 Å². The Morgan fingerprint density at radius 1 is 1.04 bits per heavy atom. The van der Waals surface area contributed by atoms with E-state index in [2.05, 4.69) is 5.32 Å². The number of hydrogen-bond donors (Lipinski definition) is 2. The largest absolute Gasteiger partial charge is 0.478 e. The van der Waals surface area contributed by atoms with E-state index in [9.17, 15) is 14.7 Å². The molecule has 2 aromatic rings. The molecule has 27 heavy (non-hydrogen) atoms. The van der Waals surface area contributed by atoms with E-state index in [4.69, 9.17) is 4.74 Å². The van der Waals surface area contributed by atoms with Gasteiger partial charge in [-0.25, -0.2) is 4.79 Å². The van der Waals surface area contributed by atoms with Crippen LogP contribution >= 0.6 is 0 Å². The summed E-state index contributed by atoms with van der Waals surface area (Å²) >= 11 is 0. The molecule has 1 saturated carbocycles. The lowest BCUT2D eigenvalue weighted by molar-refractivity contribution is -0.116. The van der Waals surface area contributed by atoms with E-state index in [0.29, 0.717) is 24.7 Å². The highest BCUT2D eigenvalue weighted by atomic mass is 16.5. The second-order valence-electron chi connectivity index (χ2n) is 6.92. The van der Waals surface area contributed by atoms with Crippen molar-refractivity contribution in [1.82, 2.24) is 0 Å². The first-order valence-electron chi connectivity index (χ1n) is 9.43. The molecule has 0 bridgehead atoms. The number of nitrogens with one attached hydrogen (secondary N) is 1. The van der Waals surface area contributed by atoms with Gasteiger partial charge in [0.05, 0.1) is 18.3 Å². The highest BCUT2D eigenvalue weighted by Crippen LogP contribution is 2.22. The molecule has 0 spiro atoms. The van der Waals surface area contributed by atoms with Crippen molar-refractivity contribution >= 4 is 17.6 Å². The van der Waals surface area contributed by atoms with Crippen LogP contribution in [-0.4, -0.2) is 23.1 Å². The summed E-state index contributed by atoms with van der Waals surface area (Å²) in [5.74, 6) is -1.11. The Kier molecular flexibility index (Phi) is 6.60. The number of benzene rings is 2. The number of carboxylic acid groups (broad SMARTS) is 1. The molecule has 0 aromatic heterocycles. The Morgan fingerprint density at radius 2 is 1.74 bits per heavy atom. The van der Waals surface area contributed by atoms with Gasteiger partial charge in [-0.1, -0.05) is 43.2 Å². The van der Waals surface area contributed by atoms with E-state index >= 15 is 0 Å². The third-order valence-electron chi connectivity index (χ3n) is 4.89. The van der Waals surface area contributed by atoms with Crippen LogP contribution in [0.4, 0.5) is 5.69 Å². The SMILES string of the molecule is O=C(CCc1ccccc1C(=O)O)Nc1ccc(COC2CCCC2)cc1. The Hall–Kier alpha value is -2.66. The summed E-state index contributed by atoms with van der Waals surface area (Å²) in [5, 5.41) is 12.1. The van der Waals surface area contributed by atoms with Gasteiger partial charge in [0.1, 0.15) is 0 Å². The summed E-state index contributed by atoms with van der Waals surface area (Å²) in [4.78, 5) is 23.4. The van der Waals surface area contributed by atoms with E-state index in [1.807, 2.05) is 24.3 Å². The monoisotopic (exact) mass is 367 g/mol. The number of carbonyl (C=O) groups is 2. The minimum Gasteiger partial charge on any atom is -0.478 e. The average molecular weight is 367 g/mol. The number of carbonyl (C=O) groups excluding carboxylic acids is 1. The zero-order valence-electron chi connectivity index (χ0n) is 15.3. The maximum Gasteiger partial charge on any atom is 0.335 e. The normalized spacial score (nSPS) is 14.2. The maximum atomic E-state index is 12.2. The number of carboxylic acids is 1. The van der Waals surface area contributed by atoms with Gasteiger partial charge < -0.3 is 15.2 Å². The Morgan fingerprint density at radius 3 is 2.44 bits per heavy atom. The third-order valence-corrected chi connectivity index (χ3v) is 4.89. The molecule has 0 atom stereocenters. The Balaban J connectivity index is 1.47. The summed E-state index contributed by atoms with van der Waals surface area (Å²) in [6, 6.07) is 14.4. The van der Waals surface area contributed by atoms with Gasteiger partial charge in [-0.15, -0.1) is 0 Å². The number of ether oxygens (including phenoxy) is 1. The first-order chi connectivity index (χ1) is 13.1. The third kappa shape index (κ3) is 5.66. The second-order valence-corrected chi connectivity index (χ2v) is 6.92. The van der Waals surface area contributed by atoms with E-state index in [0.717, 1.165) is 24.1 Å². The number of amides is 1. The molecule has 2 aromatic carbocycles. The molecular formula is C22H25NO4. The molecule has 5 nitrogen and oxygen atoms in total. The van der Waals surface area contributed by atoms with E-state index in [1.165, 1.54) is 12.8 Å². The van der Waals surface area contributed by atoms with Gasteiger partial charge in [0.15, 0.2) is 0 Å². The topological polar surface area (TPSA) is 75.6 Å². The highest BCUT2D eigenvalue weighted by molar-refractivity contribution is 5.92. The second kappa shape index (κ2) is 9.33. The van der Waals surface area contributed by atoms with Gasteiger partial charge in [0, 0.05) is 12.1 Å². The molecule has 2 N–H and O–H groups in total. The van der Waals surface area contributed by atoms with Crippen molar-refractivity contribution in [3.8, 4) is 0 Å². The van der Waals surface area contributed by atoms with Gasteiger partial charge in [-0.2, -0.15) is 0 Å². The van der Waals surface area contributed by atoms with Crippen LogP contribution in [0.5, 0.6) is 0 Å². The van der Waals surface area contributed by atoms with Crippen molar-refractivity contribution in [2.24, 2.45) is 0 Å². The van der Waals surface area contributed by atoms with Crippen molar-refractivity contribution < 1.29 is 19.4 Å². The molecule has 0 radical (unpaired) electrons. The zero-order valence-corrected chi connectivity index (χ0v) is 15.3. The van der Waals surface area contributed by atoms with Crippen molar-refractivity contribution in [3.63, 3.8) is 0 Å². The van der Waals surface area contributed by atoms with Crippen molar-refractivity contribution in [2.75, 3.05) is 5.32 Å². The number of anilines is 1. The number of aromatic carboxylic acids is 1. The highest BCUT2D eigenvalue weighted by Gasteiger charge is 2.15. The van der Waals surface area contributed by atoms with Crippen molar-refractivity contribution in [3.05, 3.63) is 65.2 Å². The number of aryl methyl sites for hydroxylation is 1. The summed E-state index contributed by atoms with van der Waals surface area (Å²) < 4.78 is 5.89. The van der Waals surface area contributed by atoms with Gasteiger partial charge in [-0.05, 0) is 48.6 Å². The van der Waals surface area contributed by atoms with Gasteiger partial charge in [0.2, 0.25) is 5.91 Å². The fraction of sp³-hybridized carbons (Fsp3) is 0.364. The van der Waals surface area contributed by atoms with E-state index in [-0.39, 0.29) is 17.9 Å². The summed E-state index contributed by atoms with van der Waals surface area (Å²) in [6.07, 6.45) is 5.83. The van der Waals surface area contributed by atoms with Crippen LogP contribution in [-0.2, 0) is 22.6 Å². The molecule has 1 amide bonds. The van der Waals surface area contributed by atoms with Crippen LogP contribution < -0.4 is 5.32 Å². The summed E-state index contributed by atoms with van der Waals surface area (Å²) in [7, 11) is 0. The Labute approximate surface area is 159 Å². The molecule has 0 aliphatic heterocycles. The molecule has 142 valence electrons. The standard InChI is InChI=1S/C22H25NO4/c24-21(14-11-17-5-1-4-8-20(17)22(25)26)23-18-12-9-16(10-13-18)15-27-19-6-2-3-7-19/h1,4-5,8-10,12-13,19H,2-3,6-7,11,14-15H2,(H,23,24)(H,25,26). The van der Waals surface area contributed by atoms with Gasteiger partial charge in [-0.3, -0.25) is 4.79 Å². The average Bonchev–Trinajstić information content (AvgIpc) is 3.19. The smallest absolute Gasteiger partial charge is 0.335 e. The first-order valence-corrected chi connectivity index (χ1v) is 9.43. The van der Waals surface area contributed by atoms with Crippen LogP contribution in [0.15, 0.2) is 48.5 Å². The molecule has 1 aliphatic carbocycles. The predicted molar refractivity (Wildman–Crippen MR) is 104 cm³/mol. The minimum absolute atomic E-state index is 0.134. The summed E-state index contributed by atoms with van der Waals surface area (Å²) in [6.45, 7) is 0.602. The van der Waals surface area contributed by atoms with Crippen LogP contribution in [0, 0.1) is 0 Å². The number of hydrogen-bond acceptors (Lipinski definition) is 3. The zero-order chi connectivity index (χ0) is 19.1. The predicted octanol–water partition coefficient (Wildman–Crippen LogP) is 4.42. The quantitative estimate of drug-likeness (QED) is 0.724. The Bertz CT molecular complexity index is 779. The van der Waals surface area contributed by atoms with E-state index in [1.54, 1.807) is 24.3 Å². The maximum absolute atomic E-state index is 12.2. The summed E-state index contributed by atoms with van der Waals surface area (Å²) in [5.41, 5.74) is 2.74. The number of rotatable bonds is 8. The molecule has 3 rings (SSSR count). The molecular weight excluding hydrogens is 342 g/mol. The van der Waals surface area contributed by atoms with Crippen LogP contribution in [0.3, 0.4) is 0 Å². The van der Waals surface area contributed by atoms with Crippen LogP contribution in [0.25, 0.3) is 0 Å². The van der Waals surface area contributed by atoms with Crippen molar-refractivity contribution in [2.45, 2.75) is 51.2 Å². The molecule has 1 aliphatic rings. The minimum atomic E-state index is -0.971. The molecule has 0 saturated heterocycles. The molecule has 1 fully saturated rings. The van der Waals surface area contributed by atoms with Crippen LogP contribution in [0.2, 0.25) is 0 Å². The van der Waals surface area contributed by atoms with Gasteiger partial charge >= 0.3 is 5.97 Å². The lowest BCUT2D eigenvalue weighted by Gasteiger charge is -2.11. The van der Waals surface area contributed by atoms with Crippen molar-refractivity contribution in [1.29, 1.82) is 0 Å². The molecule has 5 heteroatoms. The van der Waals surface area contributed by atoms with E-state index < -0.39 is 5.97 Å². The molecule has 0 heterocycles. The fourth-order valence-corrected chi connectivity index (χ4v) is 3.37. The fourth-order valence-electron chi connectivity index (χ4n) is 3.37. The lowest BCUT2D eigenvalue weighted by Crippen LogP contribution is -2.13. The lowest BCUT2D eigenvalue weighted by atomic mass is 10.0. The molecule has 0 unspecified atom stereocenters. The van der Waals surface area contributed by atoms with Gasteiger partial charge in [0.25, 0.3) is 0 Å².